The smallest absolute Gasteiger partial charge is 0.326 e. The molecule has 0 aliphatic heterocycles. The van der Waals surface area contributed by atoms with Crippen LogP contribution in [-0.4, -0.2) is 58.5 Å². The summed E-state index contributed by atoms with van der Waals surface area (Å²) in [5, 5.41) is 29.3. The number of hydrogen-bond acceptors (Lipinski definition) is 6. The van der Waals surface area contributed by atoms with E-state index in [4.69, 9.17) is 4.84 Å². The van der Waals surface area contributed by atoms with Crippen molar-refractivity contribution in [3.05, 3.63) is 11.6 Å². The van der Waals surface area contributed by atoms with Gasteiger partial charge in [-0.3, -0.25) is 9.59 Å². The van der Waals surface area contributed by atoms with E-state index in [0.29, 0.717) is 30.6 Å². The van der Waals surface area contributed by atoms with Crippen LogP contribution < -0.4 is 10.6 Å². The SMILES string of the molecule is CCCC[C@@H](NC(=O)[C@@H](C)NC(=O)CO/N=C1/C=C2CC[C@@H]3[C@H]4CC[C@@H](O)[C@@]4(C)CC[C@H]3[C@@]2(C)CC1)C(=O)O. The second kappa shape index (κ2) is 12.0. The van der Waals surface area contributed by atoms with Gasteiger partial charge in [0.25, 0.3) is 5.91 Å². The zero-order chi connectivity index (χ0) is 28.4. The number of hydrogen-bond donors (Lipinski definition) is 4. The van der Waals surface area contributed by atoms with Crippen molar-refractivity contribution in [3.8, 4) is 0 Å². The maximum absolute atomic E-state index is 12.4. The molecule has 4 N–H and O–H groups in total. The molecular formula is C30H47N3O6. The minimum atomic E-state index is -1.08. The summed E-state index contributed by atoms with van der Waals surface area (Å²) >= 11 is 0. The van der Waals surface area contributed by atoms with Gasteiger partial charge in [-0.05, 0) is 99.4 Å². The first kappa shape index (κ1) is 29.6. The van der Waals surface area contributed by atoms with E-state index in [1.54, 1.807) is 0 Å². The molecule has 8 atom stereocenters. The number of carboxylic acid groups (broad SMARTS) is 1. The number of aliphatic hydroxyl groups is 1. The van der Waals surface area contributed by atoms with Crippen molar-refractivity contribution in [2.24, 2.45) is 33.7 Å². The molecule has 3 fully saturated rings. The zero-order valence-corrected chi connectivity index (χ0v) is 24.0. The van der Waals surface area contributed by atoms with Crippen LogP contribution in [0.4, 0.5) is 0 Å². The van der Waals surface area contributed by atoms with E-state index in [0.717, 1.165) is 57.1 Å². The molecule has 0 spiro atoms. The molecule has 39 heavy (non-hydrogen) atoms. The van der Waals surface area contributed by atoms with E-state index < -0.39 is 29.9 Å². The molecule has 0 aromatic rings. The number of nitrogens with zero attached hydrogens (tertiary/aromatic N) is 1. The number of carbonyl (C=O) groups excluding carboxylic acids is 2. The third kappa shape index (κ3) is 6.03. The van der Waals surface area contributed by atoms with E-state index in [-0.39, 0.29) is 23.5 Å². The summed E-state index contributed by atoms with van der Waals surface area (Å²) in [5.74, 6) is -0.166. The fourth-order valence-corrected chi connectivity index (χ4v) is 8.10. The van der Waals surface area contributed by atoms with Crippen LogP contribution in [0.15, 0.2) is 16.8 Å². The number of unbranched alkanes of at least 4 members (excludes halogenated alkanes) is 1. The molecule has 0 radical (unpaired) electrons. The molecule has 0 heterocycles. The number of rotatable bonds is 10. The van der Waals surface area contributed by atoms with Crippen molar-refractivity contribution in [3.63, 3.8) is 0 Å². The van der Waals surface area contributed by atoms with Crippen molar-refractivity contribution in [2.75, 3.05) is 6.61 Å². The summed E-state index contributed by atoms with van der Waals surface area (Å²) < 4.78 is 0. The van der Waals surface area contributed by atoms with E-state index in [1.165, 1.54) is 18.9 Å². The fourth-order valence-electron chi connectivity index (χ4n) is 8.10. The molecule has 2 amide bonds. The lowest BCUT2D eigenvalue weighted by Crippen LogP contribution is -2.51. The van der Waals surface area contributed by atoms with Gasteiger partial charge in [0.15, 0.2) is 6.61 Å². The van der Waals surface area contributed by atoms with Gasteiger partial charge >= 0.3 is 5.97 Å². The number of aliphatic carboxylic acids is 1. The van der Waals surface area contributed by atoms with Gasteiger partial charge in [0.2, 0.25) is 5.91 Å². The van der Waals surface area contributed by atoms with Crippen molar-refractivity contribution >= 4 is 23.5 Å². The standard InChI is InChI=1S/C30H47N3O6/c1-5-6-7-24(28(37)38)32-27(36)18(2)31-26(35)17-39-33-20-12-14-29(3)19(16-20)8-9-21-22-10-11-25(34)30(22,4)15-13-23(21)29/h16,18,21-25,34H,5-15,17H2,1-4H3,(H,31,35)(H,32,36)(H,37,38)/b33-20+/t18-,21-,22-,23-,24-,25-,29+,30+/m1/s1. The Bertz CT molecular complexity index is 1010. The van der Waals surface area contributed by atoms with Gasteiger partial charge in [0.05, 0.1) is 11.8 Å². The molecule has 4 rings (SSSR count). The number of carbonyl (C=O) groups is 3. The van der Waals surface area contributed by atoms with Crippen LogP contribution in [0.5, 0.6) is 0 Å². The summed E-state index contributed by atoms with van der Waals surface area (Å²) in [7, 11) is 0. The highest BCUT2D eigenvalue weighted by Gasteiger charge is 2.58. The predicted octanol–water partition coefficient (Wildman–Crippen LogP) is 3.95. The quantitative estimate of drug-likeness (QED) is 0.307. The minimum absolute atomic E-state index is 0.0830. The molecule has 9 nitrogen and oxygen atoms in total. The highest BCUT2D eigenvalue weighted by molar-refractivity contribution is 5.96. The summed E-state index contributed by atoms with van der Waals surface area (Å²) in [4.78, 5) is 41.4. The summed E-state index contributed by atoms with van der Waals surface area (Å²) in [5.41, 5.74) is 2.52. The van der Waals surface area contributed by atoms with Gasteiger partial charge in [-0.2, -0.15) is 0 Å². The highest BCUT2D eigenvalue weighted by atomic mass is 16.6. The van der Waals surface area contributed by atoms with E-state index in [9.17, 15) is 24.6 Å². The molecule has 0 aromatic carbocycles. The number of nitrogens with one attached hydrogen (secondary N) is 2. The van der Waals surface area contributed by atoms with Crippen molar-refractivity contribution in [1.82, 2.24) is 10.6 Å². The van der Waals surface area contributed by atoms with Crippen LogP contribution in [0, 0.1) is 28.6 Å². The van der Waals surface area contributed by atoms with Crippen LogP contribution in [0.25, 0.3) is 0 Å². The normalized spacial score (nSPS) is 36.0. The van der Waals surface area contributed by atoms with Crippen LogP contribution in [0.2, 0.25) is 0 Å². The van der Waals surface area contributed by atoms with E-state index in [1.807, 2.05) is 6.92 Å². The molecule has 218 valence electrons. The molecule has 0 unspecified atom stereocenters. The van der Waals surface area contributed by atoms with E-state index >= 15 is 0 Å². The Kier molecular flexibility index (Phi) is 9.08. The second-order valence-electron chi connectivity index (χ2n) is 12.8. The predicted molar refractivity (Wildman–Crippen MR) is 148 cm³/mol. The first-order valence-corrected chi connectivity index (χ1v) is 14.9. The van der Waals surface area contributed by atoms with E-state index in [2.05, 4.69) is 35.7 Å². The molecule has 4 aliphatic carbocycles. The lowest BCUT2D eigenvalue weighted by Gasteiger charge is -2.57. The molecule has 0 aromatic heterocycles. The fraction of sp³-hybridized carbons (Fsp3) is 0.800. The maximum atomic E-state index is 12.4. The lowest BCUT2D eigenvalue weighted by molar-refractivity contribution is -0.142. The highest BCUT2D eigenvalue weighted by Crippen LogP contribution is 2.65. The Morgan fingerprint density at radius 1 is 1.10 bits per heavy atom. The largest absolute Gasteiger partial charge is 0.480 e. The minimum Gasteiger partial charge on any atom is -0.480 e. The Morgan fingerprint density at radius 3 is 2.59 bits per heavy atom. The van der Waals surface area contributed by atoms with Crippen LogP contribution in [-0.2, 0) is 19.2 Å². The van der Waals surface area contributed by atoms with Gasteiger partial charge in [0, 0.05) is 0 Å². The number of carboxylic acids is 1. The third-order valence-corrected chi connectivity index (χ3v) is 10.5. The molecule has 0 bridgehead atoms. The van der Waals surface area contributed by atoms with Crippen LogP contribution in [0.3, 0.4) is 0 Å². The van der Waals surface area contributed by atoms with Gasteiger partial charge in [-0.15, -0.1) is 0 Å². The maximum Gasteiger partial charge on any atom is 0.326 e. The Hall–Kier alpha value is -2.42. The van der Waals surface area contributed by atoms with Crippen molar-refractivity contribution in [2.45, 2.75) is 117 Å². The van der Waals surface area contributed by atoms with Crippen molar-refractivity contribution in [1.29, 1.82) is 0 Å². The van der Waals surface area contributed by atoms with Crippen LogP contribution >= 0.6 is 0 Å². The average Bonchev–Trinajstić information content (AvgIpc) is 3.20. The first-order chi connectivity index (χ1) is 18.5. The number of fused-ring (bicyclic) bond motifs is 5. The summed E-state index contributed by atoms with van der Waals surface area (Å²) in [6, 6.07) is -1.86. The number of amides is 2. The monoisotopic (exact) mass is 545 g/mol. The molecule has 3 saturated carbocycles. The molecule has 4 aliphatic rings. The first-order valence-electron chi connectivity index (χ1n) is 14.9. The lowest BCUT2D eigenvalue weighted by atomic mass is 9.47. The zero-order valence-electron chi connectivity index (χ0n) is 24.0. The number of aliphatic hydroxyl groups excluding tert-OH is 1. The topological polar surface area (TPSA) is 137 Å². The molecule has 0 saturated heterocycles. The van der Waals surface area contributed by atoms with Gasteiger partial charge in [-0.1, -0.05) is 44.3 Å². The Morgan fingerprint density at radius 2 is 1.87 bits per heavy atom. The van der Waals surface area contributed by atoms with Gasteiger partial charge in [0.1, 0.15) is 12.1 Å². The second-order valence-corrected chi connectivity index (χ2v) is 12.8. The Labute approximate surface area is 232 Å². The molecular weight excluding hydrogens is 498 g/mol. The van der Waals surface area contributed by atoms with Crippen LogP contribution in [0.1, 0.15) is 98.3 Å². The number of allylic oxidation sites excluding steroid dienone is 2. The molecule has 9 heteroatoms. The van der Waals surface area contributed by atoms with Gasteiger partial charge in [-0.25, -0.2) is 4.79 Å². The van der Waals surface area contributed by atoms with Crippen molar-refractivity contribution < 1.29 is 29.4 Å². The third-order valence-electron chi connectivity index (χ3n) is 10.5. The average molecular weight is 546 g/mol. The summed E-state index contributed by atoms with van der Waals surface area (Å²) in [6.45, 7) is 7.88. The number of oxime groups is 1. The summed E-state index contributed by atoms with van der Waals surface area (Å²) in [6.07, 6.45) is 12.3. The Balaban J connectivity index is 1.28. The van der Waals surface area contributed by atoms with Gasteiger partial charge < -0.3 is 25.7 Å².